The maximum absolute atomic E-state index is 11.8. The van der Waals surface area contributed by atoms with Crippen LogP contribution in [0.3, 0.4) is 0 Å². The highest BCUT2D eigenvalue weighted by Crippen LogP contribution is 2.21. The molecule has 0 saturated heterocycles. The Labute approximate surface area is 118 Å². The number of aliphatic hydroxyl groups is 1. The number of amides is 1. The van der Waals surface area contributed by atoms with E-state index < -0.39 is 0 Å². The van der Waals surface area contributed by atoms with E-state index in [-0.39, 0.29) is 18.6 Å². The van der Waals surface area contributed by atoms with Crippen molar-refractivity contribution in [3.05, 3.63) is 60.2 Å². The predicted molar refractivity (Wildman–Crippen MR) is 77.0 cm³/mol. The molecular formula is C16H17NO3. The minimum absolute atomic E-state index is 0.0824. The average Bonchev–Trinajstić information content (AvgIpc) is 2.49. The van der Waals surface area contributed by atoms with Gasteiger partial charge in [-0.15, -0.1) is 0 Å². The third-order valence-electron chi connectivity index (χ3n) is 2.75. The lowest BCUT2D eigenvalue weighted by atomic mass is 10.2. The molecule has 0 fully saturated rings. The largest absolute Gasteiger partial charge is 0.457 e. The Kier molecular flexibility index (Phi) is 4.74. The fourth-order valence-electron chi connectivity index (χ4n) is 1.65. The van der Waals surface area contributed by atoms with Gasteiger partial charge in [-0.3, -0.25) is 4.79 Å². The van der Waals surface area contributed by atoms with Gasteiger partial charge in [0.15, 0.2) is 0 Å². The molecule has 0 radical (unpaired) electrons. The second-order valence-corrected chi connectivity index (χ2v) is 4.50. The second kappa shape index (κ2) is 6.73. The first-order valence-corrected chi connectivity index (χ1v) is 6.43. The summed E-state index contributed by atoms with van der Waals surface area (Å²) in [4.78, 5) is 11.8. The number of nitrogens with one attached hydrogen (secondary N) is 1. The zero-order valence-electron chi connectivity index (χ0n) is 11.2. The normalized spacial score (nSPS) is 11.7. The van der Waals surface area contributed by atoms with Crippen molar-refractivity contribution in [2.24, 2.45) is 0 Å². The van der Waals surface area contributed by atoms with E-state index in [4.69, 9.17) is 9.84 Å². The first-order chi connectivity index (χ1) is 9.69. The van der Waals surface area contributed by atoms with Crippen molar-refractivity contribution < 1.29 is 14.6 Å². The molecule has 0 saturated carbocycles. The van der Waals surface area contributed by atoms with Crippen LogP contribution in [0.5, 0.6) is 11.5 Å². The lowest BCUT2D eigenvalue weighted by Gasteiger charge is -2.11. The first kappa shape index (κ1) is 14.1. The smallest absolute Gasteiger partial charge is 0.251 e. The van der Waals surface area contributed by atoms with Crippen molar-refractivity contribution in [1.82, 2.24) is 5.32 Å². The van der Waals surface area contributed by atoms with Crippen LogP contribution in [-0.4, -0.2) is 23.7 Å². The van der Waals surface area contributed by atoms with E-state index in [9.17, 15) is 4.79 Å². The highest BCUT2D eigenvalue weighted by atomic mass is 16.5. The van der Waals surface area contributed by atoms with Crippen LogP contribution in [0, 0.1) is 0 Å². The van der Waals surface area contributed by atoms with E-state index in [1.54, 1.807) is 31.2 Å². The molecule has 2 aromatic carbocycles. The first-order valence-electron chi connectivity index (χ1n) is 6.43. The van der Waals surface area contributed by atoms with Gasteiger partial charge in [0.25, 0.3) is 5.91 Å². The Morgan fingerprint density at radius 3 is 2.30 bits per heavy atom. The average molecular weight is 271 g/mol. The summed E-state index contributed by atoms with van der Waals surface area (Å²) >= 11 is 0. The molecule has 0 aliphatic heterocycles. The van der Waals surface area contributed by atoms with Gasteiger partial charge < -0.3 is 15.2 Å². The van der Waals surface area contributed by atoms with Crippen LogP contribution in [-0.2, 0) is 0 Å². The second-order valence-electron chi connectivity index (χ2n) is 4.50. The van der Waals surface area contributed by atoms with Crippen LogP contribution in [0.25, 0.3) is 0 Å². The van der Waals surface area contributed by atoms with Gasteiger partial charge in [-0.05, 0) is 43.3 Å². The van der Waals surface area contributed by atoms with Crippen LogP contribution in [0.1, 0.15) is 17.3 Å². The van der Waals surface area contributed by atoms with E-state index in [2.05, 4.69) is 5.32 Å². The summed E-state index contributed by atoms with van der Waals surface area (Å²) in [5.74, 6) is 1.21. The summed E-state index contributed by atoms with van der Waals surface area (Å²) in [7, 11) is 0. The Morgan fingerprint density at radius 1 is 1.10 bits per heavy atom. The molecule has 0 aliphatic rings. The summed E-state index contributed by atoms with van der Waals surface area (Å²) in [5, 5.41) is 11.6. The Hall–Kier alpha value is -2.33. The van der Waals surface area contributed by atoms with Crippen LogP contribution in [0.15, 0.2) is 54.6 Å². The number of hydrogen-bond donors (Lipinski definition) is 2. The van der Waals surface area contributed by atoms with Crippen molar-refractivity contribution in [2.75, 3.05) is 6.61 Å². The molecule has 1 amide bonds. The Bertz CT molecular complexity index is 552. The number of ether oxygens (including phenoxy) is 1. The highest BCUT2D eigenvalue weighted by molar-refractivity contribution is 5.94. The van der Waals surface area contributed by atoms with E-state index in [1.165, 1.54) is 0 Å². The van der Waals surface area contributed by atoms with Crippen molar-refractivity contribution in [3.8, 4) is 11.5 Å². The molecule has 2 N–H and O–H groups in total. The number of carbonyl (C=O) groups is 1. The van der Waals surface area contributed by atoms with Gasteiger partial charge >= 0.3 is 0 Å². The molecule has 0 aliphatic carbocycles. The topological polar surface area (TPSA) is 58.6 Å². The SMILES string of the molecule is C[C@@H](CO)NC(=O)c1ccc(Oc2ccccc2)cc1. The number of rotatable bonds is 5. The third-order valence-corrected chi connectivity index (χ3v) is 2.75. The minimum Gasteiger partial charge on any atom is -0.457 e. The number of para-hydroxylation sites is 1. The number of aliphatic hydroxyl groups excluding tert-OH is 1. The highest BCUT2D eigenvalue weighted by Gasteiger charge is 2.08. The maximum atomic E-state index is 11.8. The summed E-state index contributed by atoms with van der Waals surface area (Å²) in [6.45, 7) is 1.66. The van der Waals surface area contributed by atoms with Crippen molar-refractivity contribution >= 4 is 5.91 Å². The quantitative estimate of drug-likeness (QED) is 0.878. The number of carbonyl (C=O) groups excluding carboxylic acids is 1. The minimum atomic E-state index is -0.261. The molecule has 2 aromatic rings. The van der Waals surface area contributed by atoms with Gasteiger partial charge in [-0.25, -0.2) is 0 Å². The van der Waals surface area contributed by atoms with Crippen LogP contribution in [0.4, 0.5) is 0 Å². The summed E-state index contributed by atoms with van der Waals surface area (Å²) in [6, 6.07) is 16.0. The lowest BCUT2D eigenvalue weighted by Crippen LogP contribution is -2.34. The van der Waals surface area contributed by atoms with E-state index in [1.807, 2.05) is 30.3 Å². The molecule has 4 nitrogen and oxygen atoms in total. The van der Waals surface area contributed by atoms with E-state index in [0.29, 0.717) is 11.3 Å². The summed E-state index contributed by atoms with van der Waals surface area (Å²) < 4.78 is 5.64. The molecule has 0 bridgehead atoms. The third kappa shape index (κ3) is 3.83. The molecule has 0 aromatic heterocycles. The van der Waals surface area contributed by atoms with Gasteiger partial charge in [0.2, 0.25) is 0 Å². The lowest BCUT2D eigenvalue weighted by molar-refractivity contribution is 0.0922. The standard InChI is InChI=1S/C16H17NO3/c1-12(11-18)17-16(19)13-7-9-15(10-8-13)20-14-5-3-2-4-6-14/h2-10,12,18H,11H2,1H3,(H,17,19)/t12-/m0/s1. The Morgan fingerprint density at radius 2 is 1.70 bits per heavy atom. The van der Waals surface area contributed by atoms with Crippen LogP contribution in [0.2, 0.25) is 0 Å². The fourth-order valence-corrected chi connectivity index (χ4v) is 1.65. The predicted octanol–water partition coefficient (Wildman–Crippen LogP) is 2.59. The van der Waals surface area contributed by atoms with Crippen LogP contribution < -0.4 is 10.1 Å². The van der Waals surface area contributed by atoms with Crippen molar-refractivity contribution in [2.45, 2.75) is 13.0 Å². The van der Waals surface area contributed by atoms with E-state index >= 15 is 0 Å². The number of hydrogen-bond acceptors (Lipinski definition) is 3. The van der Waals surface area contributed by atoms with Gasteiger partial charge in [0.1, 0.15) is 11.5 Å². The zero-order chi connectivity index (χ0) is 14.4. The van der Waals surface area contributed by atoms with Crippen molar-refractivity contribution in [3.63, 3.8) is 0 Å². The molecule has 0 unspecified atom stereocenters. The molecule has 0 spiro atoms. The molecule has 20 heavy (non-hydrogen) atoms. The van der Waals surface area contributed by atoms with E-state index in [0.717, 1.165) is 5.75 Å². The fraction of sp³-hybridized carbons (Fsp3) is 0.188. The molecule has 2 rings (SSSR count). The summed E-state index contributed by atoms with van der Waals surface area (Å²) in [6.07, 6.45) is 0. The Balaban J connectivity index is 2.01. The molecule has 0 heterocycles. The molecule has 1 atom stereocenters. The molecule has 4 heteroatoms. The monoisotopic (exact) mass is 271 g/mol. The maximum Gasteiger partial charge on any atom is 0.251 e. The molecule has 104 valence electrons. The van der Waals surface area contributed by atoms with Crippen LogP contribution >= 0.6 is 0 Å². The van der Waals surface area contributed by atoms with Gasteiger partial charge in [0.05, 0.1) is 6.61 Å². The summed E-state index contributed by atoms with van der Waals surface area (Å²) in [5.41, 5.74) is 0.533. The van der Waals surface area contributed by atoms with Gasteiger partial charge in [0, 0.05) is 11.6 Å². The molecular weight excluding hydrogens is 254 g/mol. The van der Waals surface area contributed by atoms with Gasteiger partial charge in [-0.1, -0.05) is 18.2 Å². The zero-order valence-corrected chi connectivity index (χ0v) is 11.2. The number of benzene rings is 2. The van der Waals surface area contributed by atoms with Gasteiger partial charge in [-0.2, -0.15) is 0 Å². The van der Waals surface area contributed by atoms with Crippen molar-refractivity contribution in [1.29, 1.82) is 0 Å².